The fourth-order valence-electron chi connectivity index (χ4n) is 12.4. The first kappa shape index (κ1) is 33.5. The Bertz CT molecular complexity index is 2650. The summed E-state index contributed by atoms with van der Waals surface area (Å²) in [6.45, 7) is 2.41. The van der Waals surface area contributed by atoms with Crippen LogP contribution in [0, 0.1) is 29.6 Å². The molecule has 2 fully saturated rings. The summed E-state index contributed by atoms with van der Waals surface area (Å²) in [4.78, 5) is 5.53. The monoisotopic (exact) mass is 738 g/mol. The second-order valence-electron chi connectivity index (χ2n) is 17.9. The smallest absolute Gasteiger partial charge is 0.0565 e. The van der Waals surface area contributed by atoms with E-state index in [0.29, 0.717) is 35.6 Å². The molecule has 0 aromatic heterocycles. The Hall–Kier alpha value is -5.60. The summed E-state index contributed by atoms with van der Waals surface area (Å²) in [5.74, 6) is 2.32. The first-order valence-corrected chi connectivity index (χ1v) is 21.6. The van der Waals surface area contributed by atoms with Gasteiger partial charge in [0.05, 0.1) is 18.1 Å². The van der Waals surface area contributed by atoms with E-state index in [1.165, 1.54) is 49.8 Å². The maximum absolute atomic E-state index is 2.77. The van der Waals surface area contributed by atoms with Crippen LogP contribution in [0.4, 0.5) is 11.4 Å². The van der Waals surface area contributed by atoms with Gasteiger partial charge in [0.2, 0.25) is 0 Å². The molecule has 3 aromatic rings. The fraction of sp³-hybridized carbons (Fsp3) is 0.273. The molecule has 0 bridgehead atoms. The third kappa shape index (κ3) is 5.08. The lowest BCUT2D eigenvalue weighted by Crippen LogP contribution is -2.40. The molecule has 0 N–H and O–H groups in total. The normalized spacial score (nSPS) is 33.0. The van der Waals surface area contributed by atoms with E-state index in [0.717, 1.165) is 32.1 Å². The molecule has 57 heavy (non-hydrogen) atoms. The van der Waals surface area contributed by atoms with Crippen LogP contribution < -0.4 is 20.2 Å². The van der Waals surface area contributed by atoms with Gasteiger partial charge in [-0.3, -0.25) is 0 Å². The molecule has 1 heterocycles. The van der Waals surface area contributed by atoms with Crippen molar-refractivity contribution in [1.82, 2.24) is 0 Å². The molecule has 0 amide bonds. The largest absolute Gasteiger partial charge is 0.357 e. The van der Waals surface area contributed by atoms with Crippen LogP contribution in [0.25, 0.3) is 17.7 Å². The second kappa shape index (κ2) is 13.0. The number of anilines is 2. The Morgan fingerprint density at radius 2 is 1.63 bits per heavy atom. The van der Waals surface area contributed by atoms with Crippen molar-refractivity contribution < 1.29 is 0 Å². The summed E-state index contributed by atoms with van der Waals surface area (Å²) in [6.07, 6.45) is 49.4. The third-order valence-corrected chi connectivity index (χ3v) is 14.9. The number of nitrogens with zero attached hydrogens (tertiary/aromatic N) is 2. The van der Waals surface area contributed by atoms with E-state index < -0.39 is 0 Å². The molecule has 1 aliphatic heterocycles. The van der Waals surface area contributed by atoms with Crippen LogP contribution in [0.15, 0.2) is 181 Å². The van der Waals surface area contributed by atoms with Gasteiger partial charge in [-0.2, -0.15) is 0 Å². The Kier molecular flexibility index (Phi) is 7.63. The van der Waals surface area contributed by atoms with Gasteiger partial charge < -0.3 is 9.80 Å². The van der Waals surface area contributed by atoms with Gasteiger partial charge in [-0.1, -0.05) is 165 Å². The van der Waals surface area contributed by atoms with Crippen LogP contribution in [0.5, 0.6) is 0 Å². The molecule has 2 heteroatoms. The molecular formula is C55H50N2. The first-order valence-electron chi connectivity index (χ1n) is 21.6. The standard InChI is InChI=1S/C55H50N2/c1-55(31-11-2-12-32-55)48-23-8-10-25-52(48)57-50-24-9-7-21-44(50)46-34-40(28-30-51(46)57)56(49-26-14-17-36-15-3-5-19-41(36)49)39-27-29-43-45-22-13-18-38-33-37-16-4-6-20-42(37)54(53(38)45)47(43)35-39/h2-4,6-17,20-26,28-31,33-35,38-39,44-46,50-51,53H,5,18-19,27,32H2,1H3. The van der Waals surface area contributed by atoms with Crippen molar-refractivity contribution in [2.24, 2.45) is 29.6 Å². The highest BCUT2D eigenvalue weighted by Crippen LogP contribution is 2.56. The minimum absolute atomic E-state index is 0.0343. The highest BCUT2D eigenvalue weighted by molar-refractivity contribution is 5.84. The van der Waals surface area contributed by atoms with Crippen molar-refractivity contribution in [3.8, 4) is 0 Å². The van der Waals surface area contributed by atoms with Crippen LogP contribution in [0.2, 0.25) is 0 Å². The van der Waals surface area contributed by atoms with Gasteiger partial charge in [-0.25, -0.2) is 0 Å². The number of benzene rings is 3. The van der Waals surface area contributed by atoms with Gasteiger partial charge in [0, 0.05) is 46.2 Å². The molecule has 2 nitrogen and oxygen atoms in total. The fourth-order valence-corrected chi connectivity index (χ4v) is 12.4. The number of para-hydroxylation sites is 1. The molecule has 12 rings (SSSR count). The third-order valence-electron chi connectivity index (χ3n) is 14.9. The molecule has 1 saturated carbocycles. The van der Waals surface area contributed by atoms with Crippen LogP contribution in [-0.4, -0.2) is 18.1 Å². The van der Waals surface area contributed by atoms with Gasteiger partial charge >= 0.3 is 0 Å². The quantitative estimate of drug-likeness (QED) is 0.241. The number of rotatable bonds is 5. The van der Waals surface area contributed by atoms with Gasteiger partial charge in [-0.05, 0) is 100 Å². The van der Waals surface area contributed by atoms with E-state index in [9.17, 15) is 0 Å². The Balaban J connectivity index is 0.996. The van der Waals surface area contributed by atoms with E-state index >= 15 is 0 Å². The van der Waals surface area contributed by atoms with Gasteiger partial charge in [0.15, 0.2) is 0 Å². The van der Waals surface area contributed by atoms with E-state index in [-0.39, 0.29) is 17.5 Å². The van der Waals surface area contributed by atoms with Crippen molar-refractivity contribution in [2.45, 2.75) is 62.6 Å². The lowest BCUT2D eigenvalue weighted by molar-refractivity contribution is 0.438. The van der Waals surface area contributed by atoms with Gasteiger partial charge in [0.1, 0.15) is 0 Å². The van der Waals surface area contributed by atoms with Gasteiger partial charge in [0.25, 0.3) is 0 Å². The van der Waals surface area contributed by atoms with Crippen molar-refractivity contribution in [3.63, 3.8) is 0 Å². The second-order valence-corrected chi connectivity index (χ2v) is 17.9. The molecule has 9 aliphatic rings. The summed E-state index contributed by atoms with van der Waals surface area (Å²) < 4.78 is 0. The van der Waals surface area contributed by atoms with Crippen molar-refractivity contribution >= 4 is 29.1 Å². The van der Waals surface area contributed by atoms with E-state index in [1.54, 1.807) is 11.1 Å². The van der Waals surface area contributed by atoms with E-state index in [4.69, 9.17) is 0 Å². The van der Waals surface area contributed by atoms with Crippen molar-refractivity contribution in [1.29, 1.82) is 0 Å². The Labute approximate surface area is 337 Å². The summed E-state index contributed by atoms with van der Waals surface area (Å²) in [7, 11) is 0. The van der Waals surface area contributed by atoms with E-state index in [1.807, 2.05) is 0 Å². The summed E-state index contributed by atoms with van der Waals surface area (Å²) in [6, 6.07) is 26.2. The molecule has 1 saturated heterocycles. The molecule has 0 spiro atoms. The maximum Gasteiger partial charge on any atom is 0.0565 e. The molecule has 9 atom stereocenters. The van der Waals surface area contributed by atoms with Crippen molar-refractivity contribution in [3.05, 3.63) is 208 Å². The highest BCUT2D eigenvalue weighted by Gasteiger charge is 2.49. The van der Waals surface area contributed by atoms with Crippen LogP contribution in [-0.2, 0) is 11.8 Å². The number of allylic oxidation sites excluding steroid dienone is 12. The number of hydrogen-bond acceptors (Lipinski definition) is 2. The number of hydrogen-bond donors (Lipinski definition) is 0. The predicted molar refractivity (Wildman–Crippen MR) is 238 cm³/mol. The summed E-state index contributed by atoms with van der Waals surface area (Å²) in [5, 5.41) is 2.86. The Morgan fingerprint density at radius 1 is 0.737 bits per heavy atom. The molecule has 9 unspecified atom stereocenters. The zero-order valence-corrected chi connectivity index (χ0v) is 32.8. The molecular weight excluding hydrogens is 689 g/mol. The number of fused-ring (bicyclic) bond motifs is 8. The summed E-state index contributed by atoms with van der Waals surface area (Å²) >= 11 is 0. The van der Waals surface area contributed by atoms with E-state index in [2.05, 4.69) is 193 Å². The molecule has 0 radical (unpaired) electrons. The lowest BCUT2D eigenvalue weighted by atomic mass is 9.72. The average Bonchev–Trinajstić information content (AvgIpc) is 3.78. The topological polar surface area (TPSA) is 6.48 Å². The lowest BCUT2D eigenvalue weighted by Gasteiger charge is -2.40. The zero-order chi connectivity index (χ0) is 37.7. The molecule has 280 valence electrons. The van der Waals surface area contributed by atoms with Crippen LogP contribution in [0.3, 0.4) is 0 Å². The molecule has 8 aliphatic carbocycles. The highest BCUT2D eigenvalue weighted by atomic mass is 15.2. The van der Waals surface area contributed by atoms with Gasteiger partial charge in [-0.15, -0.1) is 0 Å². The average molecular weight is 739 g/mol. The van der Waals surface area contributed by atoms with Crippen LogP contribution in [0.1, 0.15) is 49.3 Å². The van der Waals surface area contributed by atoms with Crippen molar-refractivity contribution in [2.75, 3.05) is 9.80 Å². The minimum atomic E-state index is -0.0343. The SMILES string of the molecule is CC1(c2ccccc2N2C3C=CC=CC3C3C=C(N(c4cccc5c4CCC=C5)C4C=C5C(=CC4)C4C=CCC6C=c7ccccc7=C5C64)C=CC32)C=CC=CC1. The zero-order valence-electron chi connectivity index (χ0n) is 32.8. The minimum Gasteiger partial charge on any atom is -0.357 e. The summed E-state index contributed by atoms with van der Waals surface area (Å²) in [5.41, 5.74) is 13.0. The molecule has 3 aromatic carbocycles. The van der Waals surface area contributed by atoms with Crippen LogP contribution >= 0.6 is 0 Å². The first-order chi connectivity index (χ1) is 28.1. The Morgan fingerprint density at radius 3 is 2.58 bits per heavy atom. The predicted octanol–water partition coefficient (Wildman–Crippen LogP) is 10.4. The maximum atomic E-state index is 2.77.